The molecule has 1 amide bonds. The molecule has 1 aliphatic rings. The van der Waals surface area contributed by atoms with Gasteiger partial charge in [-0.25, -0.2) is 0 Å². The first-order chi connectivity index (χ1) is 14.5. The normalized spacial score (nSPS) is 14.7. The van der Waals surface area contributed by atoms with Crippen LogP contribution in [0.15, 0.2) is 36.4 Å². The molecule has 160 valence electrons. The summed E-state index contributed by atoms with van der Waals surface area (Å²) in [6.07, 6.45) is 3.19. The van der Waals surface area contributed by atoms with E-state index in [0.717, 1.165) is 36.4 Å². The molecule has 0 spiro atoms. The molecule has 1 heterocycles. The van der Waals surface area contributed by atoms with E-state index in [0.29, 0.717) is 16.5 Å². The van der Waals surface area contributed by atoms with Crippen molar-refractivity contribution >= 4 is 41.0 Å². The molecule has 2 aromatic rings. The molecule has 0 unspecified atom stereocenters. The Morgan fingerprint density at radius 3 is 2.70 bits per heavy atom. The van der Waals surface area contributed by atoms with E-state index in [1.54, 1.807) is 25.3 Å². The Kier molecular flexibility index (Phi) is 8.08. The van der Waals surface area contributed by atoms with Crippen LogP contribution in [0.4, 0.5) is 5.69 Å². The van der Waals surface area contributed by atoms with Gasteiger partial charge >= 0.3 is 0 Å². The minimum absolute atomic E-state index is 0.199. The van der Waals surface area contributed by atoms with E-state index in [4.69, 9.17) is 21.1 Å². The summed E-state index contributed by atoms with van der Waals surface area (Å²) < 4.78 is 10.5. The van der Waals surface area contributed by atoms with Gasteiger partial charge in [-0.15, -0.1) is 0 Å². The summed E-state index contributed by atoms with van der Waals surface area (Å²) in [5.41, 5.74) is 3.93. The van der Waals surface area contributed by atoms with Gasteiger partial charge in [0.25, 0.3) is 0 Å². The number of nitrogens with one attached hydrogen (secondary N) is 1. The molecule has 0 saturated carbocycles. The molecular formula is C23H27ClN2O3S. The minimum Gasteiger partial charge on any atom is -0.493 e. The molecule has 1 N–H and O–H groups in total. The summed E-state index contributed by atoms with van der Waals surface area (Å²) in [5.74, 6) is 3.15. The zero-order chi connectivity index (χ0) is 21.5. The summed E-state index contributed by atoms with van der Waals surface area (Å²) >= 11 is 8.24. The molecule has 30 heavy (non-hydrogen) atoms. The number of amides is 1. The molecule has 3 rings (SSSR count). The Bertz CT molecular complexity index is 927. The third-order valence-corrected chi connectivity index (χ3v) is 6.31. The van der Waals surface area contributed by atoms with Gasteiger partial charge in [0.1, 0.15) is 0 Å². The smallest absolute Gasteiger partial charge is 0.248 e. The molecule has 2 aromatic carbocycles. The largest absolute Gasteiger partial charge is 0.493 e. The van der Waals surface area contributed by atoms with Crippen LogP contribution in [-0.2, 0) is 11.3 Å². The van der Waals surface area contributed by atoms with Crippen LogP contribution in [0.25, 0.3) is 6.08 Å². The minimum atomic E-state index is -0.199. The quantitative estimate of drug-likeness (QED) is 0.615. The van der Waals surface area contributed by atoms with Gasteiger partial charge in [0, 0.05) is 42.9 Å². The van der Waals surface area contributed by atoms with Crippen molar-refractivity contribution < 1.29 is 14.3 Å². The van der Waals surface area contributed by atoms with Crippen LogP contribution in [0, 0.1) is 6.92 Å². The predicted octanol–water partition coefficient (Wildman–Crippen LogP) is 4.87. The lowest BCUT2D eigenvalue weighted by Gasteiger charge is -2.27. The van der Waals surface area contributed by atoms with E-state index in [2.05, 4.69) is 23.2 Å². The molecule has 0 radical (unpaired) electrons. The fourth-order valence-corrected chi connectivity index (χ4v) is 4.65. The number of benzene rings is 2. The summed E-state index contributed by atoms with van der Waals surface area (Å²) in [6, 6.07) is 9.57. The van der Waals surface area contributed by atoms with Gasteiger partial charge in [-0.05, 0) is 47.9 Å². The van der Waals surface area contributed by atoms with Crippen LogP contribution in [0.5, 0.6) is 11.5 Å². The van der Waals surface area contributed by atoms with Crippen molar-refractivity contribution in [3.63, 3.8) is 0 Å². The van der Waals surface area contributed by atoms with Crippen molar-refractivity contribution in [2.24, 2.45) is 0 Å². The number of thioether (sulfide) groups is 1. The van der Waals surface area contributed by atoms with E-state index < -0.39 is 0 Å². The number of hydrogen-bond acceptors (Lipinski definition) is 5. The van der Waals surface area contributed by atoms with Crippen molar-refractivity contribution in [1.29, 1.82) is 0 Å². The lowest BCUT2D eigenvalue weighted by Crippen LogP contribution is -2.32. The molecule has 7 heteroatoms. The molecule has 1 saturated heterocycles. The maximum atomic E-state index is 12.5. The zero-order valence-corrected chi connectivity index (χ0v) is 19.1. The van der Waals surface area contributed by atoms with E-state index in [-0.39, 0.29) is 5.91 Å². The molecule has 0 atom stereocenters. The third-order valence-electron chi connectivity index (χ3n) is 5.08. The lowest BCUT2D eigenvalue weighted by molar-refractivity contribution is -0.111. The van der Waals surface area contributed by atoms with Gasteiger partial charge in [-0.2, -0.15) is 11.8 Å². The Balaban J connectivity index is 1.69. The first-order valence-corrected chi connectivity index (χ1v) is 11.3. The average Bonchev–Trinajstić information content (AvgIpc) is 2.75. The second-order valence-electron chi connectivity index (χ2n) is 7.04. The van der Waals surface area contributed by atoms with Crippen molar-refractivity contribution in [3.05, 3.63) is 58.1 Å². The van der Waals surface area contributed by atoms with Crippen molar-refractivity contribution in [2.45, 2.75) is 13.5 Å². The summed E-state index contributed by atoms with van der Waals surface area (Å²) in [6.45, 7) is 5.19. The first-order valence-electron chi connectivity index (χ1n) is 9.81. The highest BCUT2D eigenvalue weighted by Gasteiger charge is 2.14. The van der Waals surface area contributed by atoms with Crippen molar-refractivity contribution in [1.82, 2.24) is 4.90 Å². The molecule has 0 aliphatic carbocycles. The molecule has 0 aromatic heterocycles. The van der Waals surface area contributed by atoms with Crippen LogP contribution in [0.2, 0.25) is 5.02 Å². The summed E-state index contributed by atoms with van der Waals surface area (Å²) in [4.78, 5) is 15.0. The van der Waals surface area contributed by atoms with Crippen LogP contribution in [0.1, 0.15) is 16.7 Å². The van der Waals surface area contributed by atoms with E-state index in [1.807, 2.05) is 23.9 Å². The molecular weight excluding hydrogens is 420 g/mol. The number of carbonyl (C=O) groups excluding carboxylic acids is 1. The number of anilines is 1. The van der Waals surface area contributed by atoms with E-state index >= 15 is 0 Å². The Labute approximate surface area is 187 Å². The maximum absolute atomic E-state index is 12.5. The topological polar surface area (TPSA) is 50.8 Å². The second kappa shape index (κ2) is 10.8. The molecule has 1 aliphatic heterocycles. The standard InChI is InChI=1S/C23H27ClN2O3S/c1-16-18(15-26-9-11-30-12-10-26)5-4-6-20(16)25-22(27)8-7-17-13-19(24)23(29-3)21(14-17)28-2/h4-8,13-14H,9-12,15H2,1-3H3,(H,25,27)/b8-7+. The second-order valence-corrected chi connectivity index (χ2v) is 8.67. The SMILES string of the molecule is COc1cc(/C=C/C(=O)Nc2cccc(CN3CCSCC3)c2C)cc(Cl)c1OC. The lowest BCUT2D eigenvalue weighted by atomic mass is 10.1. The highest BCUT2D eigenvalue weighted by Crippen LogP contribution is 2.36. The fraction of sp³-hybridized carbons (Fsp3) is 0.348. The van der Waals surface area contributed by atoms with Crippen LogP contribution in [-0.4, -0.2) is 49.6 Å². The van der Waals surface area contributed by atoms with Gasteiger partial charge in [-0.3, -0.25) is 9.69 Å². The van der Waals surface area contributed by atoms with Gasteiger partial charge in [0.2, 0.25) is 5.91 Å². The van der Waals surface area contributed by atoms with Gasteiger partial charge in [0.15, 0.2) is 11.5 Å². The van der Waals surface area contributed by atoms with Gasteiger partial charge < -0.3 is 14.8 Å². The fourth-order valence-electron chi connectivity index (χ4n) is 3.37. The van der Waals surface area contributed by atoms with E-state index in [9.17, 15) is 4.79 Å². The van der Waals surface area contributed by atoms with Gasteiger partial charge in [-0.1, -0.05) is 23.7 Å². The maximum Gasteiger partial charge on any atom is 0.248 e. The highest BCUT2D eigenvalue weighted by molar-refractivity contribution is 7.99. The zero-order valence-electron chi connectivity index (χ0n) is 17.5. The first kappa shape index (κ1) is 22.5. The summed E-state index contributed by atoms with van der Waals surface area (Å²) in [7, 11) is 3.08. The Hall–Kier alpha value is -2.15. The van der Waals surface area contributed by atoms with Gasteiger partial charge in [0.05, 0.1) is 19.2 Å². The number of halogens is 1. The van der Waals surface area contributed by atoms with Crippen LogP contribution >= 0.6 is 23.4 Å². The van der Waals surface area contributed by atoms with Crippen molar-refractivity contribution in [3.8, 4) is 11.5 Å². The highest BCUT2D eigenvalue weighted by atomic mass is 35.5. The Morgan fingerprint density at radius 2 is 2.00 bits per heavy atom. The number of hydrogen-bond donors (Lipinski definition) is 1. The van der Waals surface area contributed by atoms with E-state index in [1.165, 1.54) is 30.3 Å². The van der Waals surface area contributed by atoms with Crippen molar-refractivity contribution in [2.75, 3.05) is 44.1 Å². The van der Waals surface area contributed by atoms with Crippen LogP contribution in [0.3, 0.4) is 0 Å². The number of carbonyl (C=O) groups is 1. The van der Waals surface area contributed by atoms with Crippen LogP contribution < -0.4 is 14.8 Å². The monoisotopic (exact) mass is 446 g/mol. The number of ether oxygens (including phenoxy) is 2. The summed E-state index contributed by atoms with van der Waals surface area (Å²) in [5, 5.41) is 3.41. The Morgan fingerprint density at radius 1 is 1.23 bits per heavy atom. The number of methoxy groups -OCH3 is 2. The molecule has 1 fully saturated rings. The number of rotatable bonds is 7. The molecule has 0 bridgehead atoms. The molecule has 5 nitrogen and oxygen atoms in total. The predicted molar refractivity (Wildman–Crippen MR) is 126 cm³/mol. The average molecular weight is 447 g/mol. The third kappa shape index (κ3) is 5.72. The number of nitrogens with zero attached hydrogens (tertiary/aromatic N) is 1.